The fourth-order valence-corrected chi connectivity index (χ4v) is 4.00. The second-order valence-corrected chi connectivity index (χ2v) is 7.85. The zero-order valence-corrected chi connectivity index (χ0v) is 17.5. The van der Waals surface area contributed by atoms with Crippen molar-refractivity contribution in [3.8, 4) is 11.5 Å². The molecule has 0 spiro atoms. The van der Waals surface area contributed by atoms with Gasteiger partial charge in [-0.3, -0.25) is 9.59 Å². The molecule has 3 rings (SSSR count). The first-order valence-corrected chi connectivity index (χ1v) is 10.1. The van der Waals surface area contributed by atoms with Crippen LogP contribution in [0.2, 0.25) is 5.02 Å². The lowest BCUT2D eigenvalue weighted by Crippen LogP contribution is -2.29. The molecule has 0 radical (unpaired) electrons. The average Bonchev–Trinajstić information content (AvgIpc) is 2.74. The van der Waals surface area contributed by atoms with Gasteiger partial charge in [-0.15, -0.1) is 0 Å². The van der Waals surface area contributed by atoms with Crippen LogP contribution in [0.4, 0.5) is 0 Å². The van der Waals surface area contributed by atoms with Crippen molar-refractivity contribution < 1.29 is 19.8 Å². The van der Waals surface area contributed by atoms with Crippen LogP contribution >= 0.6 is 11.6 Å². The summed E-state index contributed by atoms with van der Waals surface area (Å²) in [6.45, 7) is 3.51. The normalized spacial score (nSPS) is 13.1. The third kappa shape index (κ3) is 4.39. The molecule has 154 valence electrons. The average molecular weight is 423 g/mol. The molecule has 0 amide bonds. The van der Waals surface area contributed by atoms with E-state index < -0.39 is 17.8 Å². The van der Waals surface area contributed by atoms with Gasteiger partial charge in [-0.2, -0.15) is 0 Å². The predicted octanol–water partition coefficient (Wildman–Crippen LogP) is 5.87. The van der Waals surface area contributed by atoms with Gasteiger partial charge in [0.15, 0.2) is 11.6 Å². The number of phenolic OH excluding ortho intramolecular Hbond substituents is 2. The van der Waals surface area contributed by atoms with Crippen LogP contribution in [-0.4, -0.2) is 21.8 Å². The summed E-state index contributed by atoms with van der Waals surface area (Å²) in [4.78, 5) is 26.5. The predicted molar refractivity (Wildman–Crippen MR) is 117 cm³/mol. The Bertz CT molecular complexity index is 995. The van der Waals surface area contributed by atoms with Gasteiger partial charge in [-0.1, -0.05) is 61.8 Å². The molecular weight excluding hydrogens is 400 g/mol. The lowest BCUT2D eigenvalue weighted by atomic mass is 9.73. The second-order valence-electron chi connectivity index (χ2n) is 7.42. The number of halogens is 1. The quantitative estimate of drug-likeness (QED) is 0.467. The first-order valence-electron chi connectivity index (χ1n) is 9.71. The summed E-state index contributed by atoms with van der Waals surface area (Å²) >= 11 is 6.03. The summed E-state index contributed by atoms with van der Waals surface area (Å²) in [5.41, 5.74) is 1.21. The highest BCUT2D eigenvalue weighted by Gasteiger charge is 2.35. The van der Waals surface area contributed by atoms with E-state index in [1.165, 1.54) is 12.1 Å². The summed E-state index contributed by atoms with van der Waals surface area (Å²) in [5.74, 6) is -2.40. The molecule has 30 heavy (non-hydrogen) atoms. The number of phenols is 2. The van der Waals surface area contributed by atoms with Crippen LogP contribution in [0.15, 0.2) is 72.8 Å². The molecule has 4 nitrogen and oxygen atoms in total. The maximum absolute atomic E-state index is 13.2. The van der Waals surface area contributed by atoms with E-state index in [2.05, 4.69) is 0 Å². The van der Waals surface area contributed by atoms with Gasteiger partial charge in [0, 0.05) is 22.8 Å². The van der Waals surface area contributed by atoms with Crippen molar-refractivity contribution in [3.63, 3.8) is 0 Å². The number of rotatable bonds is 7. The van der Waals surface area contributed by atoms with Crippen molar-refractivity contribution in [2.45, 2.75) is 19.8 Å². The van der Waals surface area contributed by atoms with E-state index in [0.717, 1.165) is 5.56 Å². The molecular formula is C25H23ClO4. The van der Waals surface area contributed by atoms with E-state index in [1.807, 2.05) is 0 Å². The lowest BCUT2D eigenvalue weighted by Gasteiger charge is -2.29. The molecule has 0 saturated heterocycles. The molecule has 0 saturated carbocycles. The minimum Gasteiger partial charge on any atom is -0.507 e. The zero-order chi connectivity index (χ0) is 21.8. The number of hydrogen-bond acceptors (Lipinski definition) is 4. The lowest BCUT2D eigenvalue weighted by molar-refractivity contribution is 0.0834. The highest BCUT2D eigenvalue weighted by atomic mass is 35.5. The van der Waals surface area contributed by atoms with Gasteiger partial charge in [0.1, 0.15) is 11.5 Å². The Labute approximate surface area is 180 Å². The number of carbonyl (C=O) groups is 2. The molecule has 2 N–H and O–H groups in total. The third-order valence-corrected chi connectivity index (χ3v) is 5.75. The highest BCUT2D eigenvalue weighted by molar-refractivity contribution is 6.30. The van der Waals surface area contributed by atoms with Crippen molar-refractivity contribution >= 4 is 23.2 Å². The summed E-state index contributed by atoms with van der Waals surface area (Å²) in [6, 6.07) is 19.8. The Kier molecular flexibility index (Phi) is 6.58. The fraction of sp³-hybridized carbons (Fsp3) is 0.200. The van der Waals surface area contributed by atoms with Crippen molar-refractivity contribution in [2.24, 2.45) is 11.8 Å². The number of hydrogen-bond donors (Lipinski definition) is 2. The molecule has 0 aromatic heterocycles. The molecule has 0 fully saturated rings. The van der Waals surface area contributed by atoms with Crippen LogP contribution in [0, 0.1) is 11.8 Å². The number of Topliss-reactive ketones (excluding diaryl/α,β-unsaturated/α-hetero) is 2. The Balaban J connectivity index is 2.03. The van der Waals surface area contributed by atoms with Gasteiger partial charge >= 0.3 is 0 Å². The van der Waals surface area contributed by atoms with Crippen LogP contribution in [0.5, 0.6) is 11.5 Å². The van der Waals surface area contributed by atoms with E-state index in [9.17, 15) is 19.8 Å². The minimum absolute atomic E-state index is 0.0936. The molecule has 2 atom stereocenters. The monoisotopic (exact) mass is 422 g/mol. The molecule has 0 unspecified atom stereocenters. The van der Waals surface area contributed by atoms with E-state index >= 15 is 0 Å². The number of carbonyl (C=O) groups excluding carboxylic acids is 2. The molecule has 5 heteroatoms. The number of benzene rings is 3. The largest absolute Gasteiger partial charge is 0.507 e. The van der Waals surface area contributed by atoms with Gasteiger partial charge in [0.2, 0.25) is 0 Å². The Morgan fingerprint density at radius 1 is 0.700 bits per heavy atom. The topological polar surface area (TPSA) is 74.6 Å². The van der Waals surface area contributed by atoms with Crippen molar-refractivity contribution in [1.29, 1.82) is 0 Å². The Hall–Kier alpha value is -3.11. The Morgan fingerprint density at radius 3 is 1.50 bits per heavy atom. The summed E-state index contributed by atoms with van der Waals surface area (Å²) in [7, 11) is 0. The van der Waals surface area contributed by atoms with Gasteiger partial charge in [0.25, 0.3) is 0 Å². The van der Waals surface area contributed by atoms with E-state index in [-0.39, 0.29) is 34.2 Å². The van der Waals surface area contributed by atoms with Crippen LogP contribution in [0.1, 0.15) is 46.0 Å². The van der Waals surface area contributed by atoms with E-state index in [0.29, 0.717) is 5.02 Å². The third-order valence-electron chi connectivity index (χ3n) is 5.50. The summed E-state index contributed by atoms with van der Waals surface area (Å²) in [5, 5.41) is 20.8. The number of ketones is 2. The standard InChI is InChI=1S/C25H23ClO4/c1-15(24(29)19-7-3-5-9-21(19)27)23(17-11-13-18(26)14-12-17)16(2)25(30)20-8-4-6-10-22(20)28/h3-16,23,27-28H,1-2H3/t15-,16-/m0/s1. The zero-order valence-electron chi connectivity index (χ0n) is 16.7. The maximum Gasteiger partial charge on any atom is 0.170 e. The molecule has 0 heterocycles. The van der Waals surface area contributed by atoms with Gasteiger partial charge < -0.3 is 10.2 Å². The number of para-hydroxylation sites is 2. The van der Waals surface area contributed by atoms with Crippen LogP contribution < -0.4 is 0 Å². The number of aromatic hydroxyl groups is 2. The SMILES string of the molecule is C[C@H](C(=O)c1ccccc1O)C(c1ccc(Cl)cc1)[C@H](C)C(=O)c1ccccc1O. The molecule has 3 aromatic carbocycles. The summed E-state index contributed by atoms with van der Waals surface area (Å²) in [6.07, 6.45) is 0. The first kappa shape index (κ1) is 21.6. The second kappa shape index (κ2) is 9.14. The summed E-state index contributed by atoms with van der Waals surface area (Å²) < 4.78 is 0. The minimum atomic E-state index is -0.607. The molecule has 3 aromatic rings. The van der Waals surface area contributed by atoms with E-state index in [4.69, 9.17) is 11.6 Å². The maximum atomic E-state index is 13.2. The van der Waals surface area contributed by atoms with Crippen molar-refractivity contribution in [3.05, 3.63) is 94.5 Å². The van der Waals surface area contributed by atoms with Crippen LogP contribution in [-0.2, 0) is 0 Å². The van der Waals surface area contributed by atoms with Gasteiger partial charge in [-0.05, 0) is 42.0 Å². The molecule has 0 aliphatic rings. The molecule has 0 aliphatic heterocycles. The first-order chi connectivity index (χ1) is 14.3. The highest BCUT2D eigenvalue weighted by Crippen LogP contribution is 2.38. The smallest absolute Gasteiger partial charge is 0.170 e. The van der Waals surface area contributed by atoms with Gasteiger partial charge in [-0.25, -0.2) is 0 Å². The van der Waals surface area contributed by atoms with Crippen LogP contribution in [0.3, 0.4) is 0 Å². The van der Waals surface area contributed by atoms with Crippen LogP contribution in [0.25, 0.3) is 0 Å². The van der Waals surface area contributed by atoms with Crippen molar-refractivity contribution in [1.82, 2.24) is 0 Å². The fourth-order valence-electron chi connectivity index (χ4n) is 3.88. The molecule has 0 aliphatic carbocycles. The van der Waals surface area contributed by atoms with Crippen molar-refractivity contribution in [2.75, 3.05) is 0 Å². The Morgan fingerprint density at radius 2 is 1.10 bits per heavy atom. The molecule has 0 bridgehead atoms. The van der Waals surface area contributed by atoms with E-state index in [1.54, 1.807) is 74.5 Å². The van der Waals surface area contributed by atoms with Gasteiger partial charge in [0.05, 0.1) is 11.1 Å².